The van der Waals surface area contributed by atoms with Crippen molar-refractivity contribution in [1.82, 2.24) is 9.97 Å². The van der Waals surface area contributed by atoms with Crippen molar-refractivity contribution in [2.45, 2.75) is 20.0 Å². The lowest BCUT2D eigenvalue weighted by Crippen LogP contribution is -2.47. The summed E-state index contributed by atoms with van der Waals surface area (Å²) in [6.07, 6.45) is 3.29. The molecular formula is C19H24N4O3. The summed E-state index contributed by atoms with van der Waals surface area (Å²) in [6.45, 7) is 6.75. The number of esters is 1. The number of hydrogen-bond donors (Lipinski definition) is 0. The molecule has 26 heavy (non-hydrogen) atoms. The van der Waals surface area contributed by atoms with Gasteiger partial charge in [-0.2, -0.15) is 0 Å². The third-order valence-corrected chi connectivity index (χ3v) is 4.21. The van der Waals surface area contributed by atoms with Crippen LogP contribution in [-0.2, 0) is 4.74 Å². The second-order valence-corrected chi connectivity index (χ2v) is 6.36. The van der Waals surface area contributed by atoms with Crippen molar-refractivity contribution in [2.24, 2.45) is 0 Å². The molecule has 3 heterocycles. The van der Waals surface area contributed by atoms with Gasteiger partial charge >= 0.3 is 5.97 Å². The summed E-state index contributed by atoms with van der Waals surface area (Å²) in [4.78, 5) is 25.5. The van der Waals surface area contributed by atoms with Gasteiger partial charge in [-0.25, -0.2) is 14.8 Å². The molecule has 0 spiro atoms. The van der Waals surface area contributed by atoms with Gasteiger partial charge in [-0.1, -0.05) is 0 Å². The lowest BCUT2D eigenvalue weighted by Gasteiger charge is -2.36. The van der Waals surface area contributed by atoms with Crippen LogP contribution in [0, 0.1) is 0 Å². The quantitative estimate of drug-likeness (QED) is 0.762. The predicted molar refractivity (Wildman–Crippen MR) is 100 cm³/mol. The molecule has 3 rings (SSSR count). The monoisotopic (exact) mass is 356 g/mol. The van der Waals surface area contributed by atoms with Gasteiger partial charge in [0.2, 0.25) is 0 Å². The van der Waals surface area contributed by atoms with Crippen molar-refractivity contribution < 1.29 is 14.3 Å². The van der Waals surface area contributed by atoms with E-state index in [9.17, 15) is 4.79 Å². The number of carbonyl (C=O) groups excluding carboxylic acids is 1. The highest BCUT2D eigenvalue weighted by Gasteiger charge is 2.24. The molecule has 0 bridgehead atoms. The summed E-state index contributed by atoms with van der Waals surface area (Å²) >= 11 is 0. The van der Waals surface area contributed by atoms with Crippen LogP contribution in [0.3, 0.4) is 0 Å². The fraction of sp³-hybridized carbons (Fsp3) is 0.421. The van der Waals surface area contributed by atoms with Crippen molar-refractivity contribution in [2.75, 3.05) is 43.1 Å². The lowest BCUT2D eigenvalue weighted by atomic mass is 10.2. The lowest BCUT2D eigenvalue weighted by molar-refractivity contribution is 0.0378. The van der Waals surface area contributed by atoms with Crippen molar-refractivity contribution in [3.05, 3.63) is 42.2 Å². The number of anilines is 2. The molecule has 0 aromatic carbocycles. The Morgan fingerprint density at radius 2 is 1.81 bits per heavy atom. The molecule has 2 aromatic heterocycles. The first-order valence-electron chi connectivity index (χ1n) is 8.74. The Labute approximate surface area is 153 Å². The van der Waals surface area contributed by atoms with E-state index < -0.39 is 0 Å². The van der Waals surface area contributed by atoms with E-state index in [1.165, 1.54) is 0 Å². The SMILES string of the molecule is COc1ccnc(N2CCN(c3ncccc3C(=O)OC(C)C)CC2)c1. The van der Waals surface area contributed by atoms with Crippen LogP contribution < -0.4 is 14.5 Å². The zero-order chi connectivity index (χ0) is 18.5. The van der Waals surface area contributed by atoms with E-state index >= 15 is 0 Å². The van der Waals surface area contributed by atoms with Crippen LogP contribution >= 0.6 is 0 Å². The number of rotatable bonds is 5. The number of pyridine rings is 2. The molecular weight excluding hydrogens is 332 g/mol. The van der Waals surface area contributed by atoms with Crippen LogP contribution in [0.2, 0.25) is 0 Å². The number of hydrogen-bond acceptors (Lipinski definition) is 7. The molecule has 1 saturated heterocycles. The Morgan fingerprint density at radius 3 is 2.50 bits per heavy atom. The number of aromatic nitrogens is 2. The summed E-state index contributed by atoms with van der Waals surface area (Å²) in [7, 11) is 1.65. The van der Waals surface area contributed by atoms with E-state index in [4.69, 9.17) is 9.47 Å². The maximum atomic E-state index is 12.4. The van der Waals surface area contributed by atoms with Crippen LogP contribution in [0.25, 0.3) is 0 Å². The van der Waals surface area contributed by atoms with Gasteiger partial charge in [0.1, 0.15) is 22.9 Å². The average Bonchev–Trinajstić information content (AvgIpc) is 2.67. The highest BCUT2D eigenvalue weighted by molar-refractivity contribution is 5.94. The van der Waals surface area contributed by atoms with Gasteiger partial charge in [-0.05, 0) is 32.0 Å². The summed E-state index contributed by atoms with van der Waals surface area (Å²) in [5.41, 5.74) is 0.508. The van der Waals surface area contributed by atoms with E-state index in [0.29, 0.717) is 11.4 Å². The van der Waals surface area contributed by atoms with Crippen molar-refractivity contribution in [1.29, 1.82) is 0 Å². The first kappa shape index (κ1) is 18.0. The van der Waals surface area contributed by atoms with Crippen LogP contribution in [0.4, 0.5) is 11.6 Å². The zero-order valence-corrected chi connectivity index (χ0v) is 15.4. The standard InChI is InChI=1S/C19H24N4O3/c1-14(2)26-19(24)16-5-4-7-21-18(16)23-11-9-22(10-12-23)17-13-15(25-3)6-8-20-17/h4-8,13-14H,9-12H2,1-3H3. The Bertz CT molecular complexity index is 758. The van der Waals surface area contributed by atoms with E-state index in [2.05, 4.69) is 19.8 Å². The third-order valence-electron chi connectivity index (χ3n) is 4.21. The smallest absolute Gasteiger partial charge is 0.342 e. The summed E-state index contributed by atoms with van der Waals surface area (Å²) < 4.78 is 10.6. The number of methoxy groups -OCH3 is 1. The number of ether oxygens (including phenoxy) is 2. The average molecular weight is 356 g/mol. The highest BCUT2D eigenvalue weighted by Crippen LogP contribution is 2.23. The summed E-state index contributed by atoms with van der Waals surface area (Å²) in [5, 5.41) is 0. The molecule has 0 unspecified atom stereocenters. The van der Waals surface area contributed by atoms with E-state index in [1.54, 1.807) is 31.6 Å². The molecule has 138 valence electrons. The van der Waals surface area contributed by atoms with Crippen LogP contribution in [0.15, 0.2) is 36.7 Å². The molecule has 1 fully saturated rings. The minimum Gasteiger partial charge on any atom is -0.497 e. The Balaban J connectivity index is 1.71. The van der Waals surface area contributed by atoms with Crippen molar-refractivity contribution >= 4 is 17.6 Å². The molecule has 2 aromatic rings. The summed E-state index contributed by atoms with van der Waals surface area (Å²) in [5.74, 6) is 2.03. The predicted octanol–water partition coefficient (Wildman–Crippen LogP) is 2.38. The van der Waals surface area contributed by atoms with Crippen LogP contribution in [0.5, 0.6) is 5.75 Å². The molecule has 1 aliphatic heterocycles. The fourth-order valence-corrected chi connectivity index (χ4v) is 2.93. The zero-order valence-electron chi connectivity index (χ0n) is 15.4. The topological polar surface area (TPSA) is 67.8 Å². The molecule has 0 amide bonds. The molecule has 0 aliphatic carbocycles. The Morgan fingerprint density at radius 1 is 1.08 bits per heavy atom. The summed E-state index contributed by atoms with van der Waals surface area (Å²) in [6, 6.07) is 7.29. The van der Waals surface area contributed by atoms with E-state index in [-0.39, 0.29) is 12.1 Å². The second kappa shape index (κ2) is 8.03. The molecule has 0 atom stereocenters. The molecule has 7 nitrogen and oxygen atoms in total. The number of piperazine rings is 1. The Hall–Kier alpha value is -2.83. The Kier molecular flexibility index (Phi) is 5.55. The molecule has 0 N–H and O–H groups in total. The van der Waals surface area contributed by atoms with Gasteiger partial charge in [-0.15, -0.1) is 0 Å². The maximum absolute atomic E-state index is 12.4. The van der Waals surface area contributed by atoms with Crippen molar-refractivity contribution in [3.63, 3.8) is 0 Å². The van der Waals surface area contributed by atoms with Gasteiger partial charge < -0.3 is 19.3 Å². The first-order chi connectivity index (χ1) is 12.6. The number of nitrogens with zero attached hydrogens (tertiary/aromatic N) is 4. The number of carbonyl (C=O) groups is 1. The molecule has 0 radical (unpaired) electrons. The minimum atomic E-state index is -0.333. The van der Waals surface area contributed by atoms with Gasteiger partial charge in [0, 0.05) is 44.6 Å². The first-order valence-corrected chi connectivity index (χ1v) is 8.74. The van der Waals surface area contributed by atoms with Crippen molar-refractivity contribution in [3.8, 4) is 5.75 Å². The van der Waals surface area contributed by atoms with E-state index in [0.717, 1.165) is 37.7 Å². The molecule has 7 heteroatoms. The minimum absolute atomic E-state index is 0.161. The normalized spacial score (nSPS) is 14.5. The third kappa shape index (κ3) is 4.04. The maximum Gasteiger partial charge on any atom is 0.342 e. The van der Waals surface area contributed by atoms with Crippen LogP contribution in [-0.4, -0.2) is 55.3 Å². The van der Waals surface area contributed by atoms with Gasteiger partial charge in [0.25, 0.3) is 0 Å². The molecule has 1 aliphatic rings. The molecule has 0 saturated carbocycles. The van der Waals surface area contributed by atoms with Gasteiger partial charge in [0.15, 0.2) is 0 Å². The van der Waals surface area contributed by atoms with Gasteiger partial charge in [-0.3, -0.25) is 0 Å². The van der Waals surface area contributed by atoms with E-state index in [1.807, 2.05) is 26.0 Å². The second-order valence-electron chi connectivity index (χ2n) is 6.36. The van der Waals surface area contributed by atoms with Crippen LogP contribution in [0.1, 0.15) is 24.2 Å². The van der Waals surface area contributed by atoms with Gasteiger partial charge in [0.05, 0.1) is 13.2 Å². The fourth-order valence-electron chi connectivity index (χ4n) is 2.93. The largest absolute Gasteiger partial charge is 0.497 e. The highest BCUT2D eigenvalue weighted by atomic mass is 16.5.